The monoisotopic (exact) mass is 473 g/mol. The highest BCUT2D eigenvalue weighted by Crippen LogP contribution is 2.29. The molecule has 1 amide bonds. The fourth-order valence-electron chi connectivity index (χ4n) is 3.84. The molecule has 170 valence electrons. The Hall–Kier alpha value is -2.53. The van der Waals surface area contributed by atoms with Gasteiger partial charge in [0.15, 0.2) is 0 Å². The number of para-hydroxylation sites is 1. The van der Waals surface area contributed by atoms with E-state index in [-0.39, 0.29) is 19.0 Å². The summed E-state index contributed by atoms with van der Waals surface area (Å²) in [5.41, 5.74) is 2.04. The molecule has 1 aliphatic heterocycles. The maximum absolute atomic E-state index is 13.5. The number of hydrogen-bond donors (Lipinski definition) is 0. The van der Waals surface area contributed by atoms with Crippen LogP contribution in [-0.2, 0) is 10.2 Å². The van der Waals surface area contributed by atoms with Crippen LogP contribution >= 0.6 is 11.3 Å². The van der Waals surface area contributed by atoms with Crippen LogP contribution in [0.4, 0.5) is 0 Å². The molecule has 0 radical (unpaired) electrons. The van der Waals surface area contributed by atoms with Crippen LogP contribution in [0.3, 0.4) is 0 Å². The lowest BCUT2D eigenvalue weighted by atomic mass is 10.2. The van der Waals surface area contributed by atoms with Crippen LogP contribution < -0.4 is 0 Å². The van der Waals surface area contributed by atoms with E-state index in [0.29, 0.717) is 37.4 Å². The van der Waals surface area contributed by atoms with Gasteiger partial charge in [0.1, 0.15) is 5.69 Å². The molecule has 1 aromatic carbocycles. The van der Waals surface area contributed by atoms with Crippen molar-refractivity contribution >= 4 is 27.5 Å². The maximum Gasteiger partial charge on any atom is 0.282 e. The highest BCUT2D eigenvalue weighted by molar-refractivity contribution is 7.86. The molecule has 1 aliphatic rings. The minimum absolute atomic E-state index is 0.129. The standard InChI is InChI=1S/C22H27N5O3S2/c1-3-25(4-2)32(29,30)26-14-12-24(13-15-26)22(28)19-17-27(18-9-6-5-7-10-18)23-21(19)20-11-8-16-31-20/h5-11,16-17H,3-4,12-15H2,1-2H3. The molecule has 0 saturated carbocycles. The van der Waals surface area contributed by atoms with Crippen LogP contribution in [0.15, 0.2) is 54.0 Å². The van der Waals surface area contributed by atoms with E-state index in [9.17, 15) is 13.2 Å². The first-order valence-corrected chi connectivity index (χ1v) is 13.0. The number of carbonyl (C=O) groups excluding carboxylic acids is 1. The Morgan fingerprint density at radius 2 is 1.72 bits per heavy atom. The van der Waals surface area contributed by atoms with E-state index in [1.807, 2.05) is 61.7 Å². The third-order valence-electron chi connectivity index (χ3n) is 5.60. The Balaban J connectivity index is 1.57. The molecule has 2 aromatic heterocycles. The first-order chi connectivity index (χ1) is 15.5. The summed E-state index contributed by atoms with van der Waals surface area (Å²) < 4.78 is 30.2. The van der Waals surface area contributed by atoms with E-state index in [4.69, 9.17) is 5.10 Å². The minimum Gasteiger partial charge on any atom is -0.336 e. The van der Waals surface area contributed by atoms with E-state index >= 15 is 0 Å². The van der Waals surface area contributed by atoms with Gasteiger partial charge in [-0.15, -0.1) is 11.3 Å². The Kier molecular flexibility index (Phi) is 6.75. The van der Waals surface area contributed by atoms with Crippen molar-refractivity contribution in [1.29, 1.82) is 0 Å². The summed E-state index contributed by atoms with van der Waals surface area (Å²) >= 11 is 1.54. The quantitative estimate of drug-likeness (QED) is 0.529. The minimum atomic E-state index is -3.50. The largest absolute Gasteiger partial charge is 0.336 e. The summed E-state index contributed by atoms with van der Waals surface area (Å²) in [6.45, 7) is 5.78. The molecule has 8 nitrogen and oxygen atoms in total. The topological polar surface area (TPSA) is 78.8 Å². The lowest BCUT2D eigenvalue weighted by Gasteiger charge is -2.36. The second kappa shape index (κ2) is 9.53. The summed E-state index contributed by atoms with van der Waals surface area (Å²) in [6, 6.07) is 13.6. The van der Waals surface area contributed by atoms with Crippen molar-refractivity contribution in [1.82, 2.24) is 23.3 Å². The van der Waals surface area contributed by atoms with Crippen LogP contribution in [0, 0.1) is 0 Å². The SMILES string of the molecule is CCN(CC)S(=O)(=O)N1CCN(C(=O)c2cn(-c3ccccc3)nc2-c2cccs2)CC1. The summed E-state index contributed by atoms with van der Waals surface area (Å²) in [7, 11) is -3.50. The van der Waals surface area contributed by atoms with Gasteiger partial charge >= 0.3 is 0 Å². The van der Waals surface area contributed by atoms with Crippen LogP contribution in [0.25, 0.3) is 16.3 Å². The van der Waals surface area contributed by atoms with Crippen molar-refractivity contribution in [2.24, 2.45) is 0 Å². The number of amides is 1. The molecule has 0 bridgehead atoms. The Morgan fingerprint density at radius 3 is 2.31 bits per heavy atom. The zero-order valence-electron chi connectivity index (χ0n) is 18.2. The molecule has 0 spiro atoms. The van der Waals surface area contributed by atoms with Gasteiger partial charge in [0.25, 0.3) is 16.1 Å². The van der Waals surface area contributed by atoms with E-state index in [1.165, 1.54) is 19.9 Å². The molecule has 0 unspecified atom stereocenters. The van der Waals surface area contributed by atoms with Gasteiger partial charge in [-0.1, -0.05) is 38.1 Å². The van der Waals surface area contributed by atoms with Crippen LogP contribution in [0.2, 0.25) is 0 Å². The summed E-state index contributed by atoms with van der Waals surface area (Å²) in [6.07, 6.45) is 1.77. The fraction of sp³-hybridized carbons (Fsp3) is 0.364. The van der Waals surface area contributed by atoms with Gasteiger partial charge in [0, 0.05) is 45.5 Å². The average Bonchev–Trinajstić information content (AvgIpc) is 3.50. The van der Waals surface area contributed by atoms with Gasteiger partial charge in [-0.05, 0) is 23.6 Å². The second-order valence-electron chi connectivity index (χ2n) is 7.43. The summed E-state index contributed by atoms with van der Waals surface area (Å²) in [4.78, 5) is 16.1. The predicted molar refractivity (Wildman–Crippen MR) is 126 cm³/mol. The van der Waals surface area contributed by atoms with Gasteiger partial charge in [-0.25, -0.2) is 4.68 Å². The molecule has 0 N–H and O–H groups in total. The van der Waals surface area contributed by atoms with E-state index in [1.54, 1.807) is 15.8 Å². The second-order valence-corrected chi connectivity index (χ2v) is 10.3. The van der Waals surface area contributed by atoms with Crippen LogP contribution in [0.1, 0.15) is 24.2 Å². The molecule has 0 atom stereocenters. The van der Waals surface area contributed by atoms with Gasteiger partial charge in [-0.2, -0.15) is 22.1 Å². The van der Waals surface area contributed by atoms with Crippen LogP contribution in [-0.4, -0.2) is 76.9 Å². The summed E-state index contributed by atoms with van der Waals surface area (Å²) in [5, 5.41) is 6.67. The number of hydrogen-bond acceptors (Lipinski definition) is 5. The molecule has 3 aromatic rings. The average molecular weight is 474 g/mol. The Labute approximate surface area is 192 Å². The number of nitrogens with zero attached hydrogens (tertiary/aromatic N) is 5. The van der Waals surface area contributed by atoms with Crippen molar-refractivity contribution in [3.8, 4) is 16.3 Å². The molecule has 4 rings (SSSR count). The molecular weight excluding hydrogens is 446 g/mol. The molecule has 0 aliphatic carbocycles. The Morgan fingerprint density at radius 1 is 1.03 bits per heavy atom. The van der Waals surface area contributed by atoms with Gasteiger partial charge in [0.2, 0.25) is 0 Å². The van der Waals surface area contributed by atoms with Gasteiger partial charge in [-0.3, -0.25) is 4.79 Å². The highest BCUT2D eigenvalue weighted by atomic mass is 32.2. The van der Waals surface area contributed by atoms with Gasteiger partial charge in [0.05, 0.1) is 16.1 Å². The number of aromatic nitrogens is 2. The van der Waals surface area contributed by atoms with Crippen molar-refractivity contribution in [3.05, 3.63) is 59.6 Å². The van der Waals surface area contributed by atoms with Crippen molar-refractivity contribution in [2.75, 3.05) is 39.3 Å². The smallest absolute Gasteiger partial charge is 0.282 e. The molecule has 1 fully saturated rings. The Bertz CT molecular complexity index is 1150. The zero-order chi connectivity index (χ0) is 22.7. The van der Waals surface area contributed by atoms with Crippen molar-refractivity contribution in [3.63, 3.8) is 0 Å². The maximum atomic E-state index is 13.5. The van der Waals surface area contributed by atoms with Gasteiger partial charge < -0.3 is 4.90 Å². The number of thiophene rings is 1. The van der Waals surface area contributed by atoms with Crippen LogP contribution in [0.5, 0.6) is 0 Å². The van der Waals surface area contributed by atoms with E-state index < -0.39 is 10.2 Å². The first-order valence-electron chi connectivity index (χ1n) is 10.7. The zero-order valence-corrected chi connectivity index (χ0v) is 19.8. The number of benzene rings is 1. The highest BCUT2D eigenvalue weighted by Gasteiger charge is 2.33. The van der Waals surface area contributed by atoms with E-state index in [0.717, 1.165) is 10.6 Å². The molecule has 10 heteroatoms. The first kappa shape index (κ1) is 22.7. The summed E-state index contributed by atoms with van der Waals surface area (Å²) in [5.74, 6) is -0.129. The van der Waals surface area contributed by atoms with Crippen molar-refractivity contribution < 1.29 is 13.2 Å². The number of carbonyl (C=O) groups is 1. The third kappa shape index (κ3) is 4.36. The fourth-order valence-corrected chi connectivity index (χ4v) is 6.17. The lowest BCUT2D eigenvalue weighted by molar-refractivity contribution is 0.0695. The predicted octanol–water partition coefficient (Wildman–Crippen LogP) is 2.95. The van der Waals surface area contributed by atoms with E-state index in [2.05, 4.69) is 0 Å². The number of piperazine rings is 1. The lowest BCUT2D eigenvalue weighted by Crippen LogP contribution is -2.54. The molecule has 32 heavy (non-hydrogen) atoms. The molecule has 1 saturated heterocycles. The molecular formula is C22H27N5O3S2. The normalized spacial score (nSPS) is 15.4. The molecule has 3 heterocycles. The van der Waals surface area contributed by atoms with Crippen molar-refractivity contribution in [2.45, 2.75) is 13.8 Å². The number of rotatable bonds is 7. The third-order valence-corrected chi connectivity index (χ3v) is 8.67.